The Labute approximate surface area is 203 Å². The molecule has 180 valence electrons. The standard InChI is InChI=1S/C16H16ClN9O6S2/c17-2-7(27)9(22-32)12(28)19-10-13(29)25-3-16(15(30)31,5-34-14(10)25)4-33-8-1-6(18)11-20-23-24-26(11)21-8/h1,10,14,27H,2-5,18H2,(H,19,28)(H,30,31)/t10?,14-,16?/m1/s1. The van der Waals surface area contributed by atoms with E-state index in [1.165, 1.54) is 22.7 Å². The van der Waals surface area contributed by atoms with Gasteiger partial charge in [0, 0.05) is 18.1 Å². The fraction of sp³-hybridized carbons (Fsp3) is 0.438. The molecular weight excluding hydrogens is 514 g/mol. The summed E-state index contributed by atoms with van der Waals surface area (Å²) in [7, 11) is 0. The smallest absolute Gasteiger partial charge is 0.313 e. The first-order valence-electron chi connectivity index (χ1n) is 9.46. The average Bonchev–Trinajstić information content (AvgIpc) is 3.30. The third kappa shape index (κ3) is 4.09. The van der Waals surface area contributed by atoms with Gasteiger partial charge < -0.3 is 26.2 Å². The monoisotopic (exact) mass is 529 g/mol. The number of aliphatic hydroxyl groups excluding tert-OH is 1. The minimum absolute atomic E-state index is 0.0779. The maximum atomic E-state index is 12.7. The van der Waals surface area contributed by atoms with Crippen LogP contribution in [0.3, 0.4) is 0 Å². The second-order valence-corrected chi connectivity index (χ2v) is 9.81. The van der Waals surface area contributed by atoms with Crippen LogP contribution in [0.25, 0.3) is 5.65 Å². The molecule has 2 fully saturated rings. The Morgan fingerprint density at radius 2 is 2.21 bits per heavy atom. The largest absolute Gasteiger partial charge is 0.508 e. The van der Waals surface area contributed by atoms with E-state index in [1.807, 2.05) is 0 Å². The molecule has 2 aliphatic heterocycles. The first kappa shape index (κ1) is 24.0. The molecule has 4 heterocycles. The molecule has 2 saturated heterocycles. The molecule has 2 amide bonds. The number of aliphatic hydroxyl groups is 1. The number of nitroso groups, excluding NO2 is 1. The number of rotatable bonds is 8. The summed E-state index contributed by atoms with van der Waals surface area (Å²) in [4.78, 5) is 49.3. The summed E-state index contributed by atoms with van der Waals surface area (Å²) in [6.45, 7) is -0.0949. The van der Waals surface area contributed by atoms with Crippen molar-refractivity contribution < 1.29 is 24.6 Å². The molecule has 15 nitrogen and oxygen atoms in total. The van der Waals surface area contributed by atoms with Crippen molar-refractivity contribution in [3.05, 3.63) is 22.4 Å². The van der Waals surface area contributed by atoms with Crippen molar-refractivity contribution in [2.24, 2.45) is 10.6 Å². The first-order valence-corrected chi connectivity index (χ1v) is 12.0. The zero-order valence-electron chi connectivity index (χ0n) is 17.0. The third-order valence-corrected chi connectivity index (χ3v) is 8.30. The third-order valence-electron chi connectivity index (χ3n) is 5.27. The Morgan fingerprint density at radius 3 is 2.88 bits per heavy atom. The number of aromatic nitrogens is 5. The average molecular weight is 530 g/mol. The fourth-order valence-electron chi connectivity index (χ4n) is 3.43. The number of allylic oxidation sites excluding steroid dienone is 1. The van der Waals surface area contributed by atoms with E-state index in [0.717, 1.165) is 16.4 Å². The zero-order valence-corrected chi connectivity index (χ0v) is 19.4. The minimum Gasteiger partial charge on any atom is -0.508 e. The predicted molar refractivity (Wildman–Crippen MR) is 120 cm³/mol. The number of amides is 2. The molecule has 34 heavy (non-hydrogen) atoms. The Kier molecular flexibility index (Phi) is 6.50. The molecule has 2 aromatic heterocycles. The number of hydrogen-bond donors (Lipinski definition) is 4. The summed E-state index contributed by atoms with van der Waals surface area (Å²) in [6.07, 6.45) is 0. The lowest BCUT2D eigenvalue weighted by molar-refractivity contribution is -0.157. The Morgan fingerprint density at radius 1 is 1.44 bits per heavy atom. The Bertz CT molecular complexity index is 1220. The van der Waals surface area contributed by atoms with Crippen LogP contribution in [0.2, 0.25) is 0 Å². The molecule has 0 aromatic carbocycles. The lowest BCUT2D eigenvalue weighted by Gasteiger charge is -2.53. The highest BCUT2D eigenvalue weighted by molar-refractivity contribution is 8.00. The maximum absolute atomic E-state index is 12.7. The quantitative estimate of drug-likeness (QED) is 0.0842. The van der Waals surface area contributed by atoms with E-state index < -0.39 is 52.0 Å². The van der Waals surface area contributed by atoms with E-state index in [9.17, 15) is 29.5 Å². The number of carbonyl (C=O) groups excluding carboxylic acids is 2. The number of fused-ring (bicyclic) bond motifs is 2. The van der Waals surface area contributed by atoms with Crippen molar-refractivity contribution in [3.8, 4) is 0 Å². The molecule has 0 aliphatic carbocycles. The van der Waals surface area contributed by atoms with Crippen LogP contribution in [-0.4, -0.2) is 93.5 Å². The number of aliphatic carboxylic acids is 1. The number of tetrazole rings is 1. The highest BCUT2D eigenvalue weighted by atomic mass is 35.5. The molecule has 2 aromatic rings. The lowest BCUT2D eigenvalue weighted by Crippen LogP contribution is -2.74. The van der Waals surface area contributed by atoms with E-state index in [-0.39, 0.29) is 29.4 Å². The van der Waals surface area contributed by atoms with Crippen molar-refractivity contribution in [1.82, 2.24) is 35.5 Å². The second-order valence-electron chi connectivity index (χ2n) is 7.44. The van der Waals surface area contributed by atoms with Gasteiger partial charge in [-0.2, -0.15) is 0 Å². The van der Waals surface area contributed by atoms with Gasteiger partial charge in [0.05, 0.1) is 11.6 Å². The molecule has 0 radical (unpaired) electrons. The van der Waals surface area contributed by atoms with E-state index in [4.69, 9.17) is 17.3 Å². The number of nitrogens with one attached hydrogen (secondary N) is 1. The molecule has 5 N–H and O–H groups in total. The van der Waals surface area contributed by atoms with E-state index >= 15 is 0 Å². The molecule has 2 unspecified atom stereocenters. The van der Waals surface area contributed by atoms with Crippen LogP contribution in [0, 0.1) is 10.3 Å². The number of carbonyl (C=O) groups is 3. The van der Waals surface area contributed by atoms with Crippen LogP contribution in [-0.2, 0) is 14.4 Å². The number of alkyl halides is 1. The summed E-state index contributed by atoms with van der Waals surface area (Å²) in [6, 6.07) is 0.536. The number of thioether (sulfide) groups is 2. The van der Waals surface area contributed by atoms with Crippen LogP contribution in [0.15, 0.2) is 27.7 Å². The van der Waals surface area contributed by atoms with E-state index in [1.54, 1.807) is 0 Å². The van der Waals surface area contributed by atoms with Crippen LogP contribution in [0.1, 0.15) is 0 Å². The Hall–Kier alpha value is -3.18. The highest BCUT2D eigenvalue weighted by Gasteiger charge is 2.57. The van der Waals surface area contributed by atoms with Gasteiger partial charge in [0.1, 0.15) is 27.6 Å². The van der Waals surface area contributed by atoms with Gasteiger partial charge in [-0.05, 0) is 21.7 Å². The van der Waals surface area contributed by atoms with Crippen molar-refractivity contribution >= 4 is 64.2 Å². The second kappa shape index (κ2) is 9.22. The van der Waals surface area contributed by atoms with Gasteiger partial charge in [-0.1, -0.05) is 0 Å². The van der Waals surface area contributed by atoms with Gasteiger partial charge in [-0.15, -0.1) is 54.9 Å². The van der Waals surface area contributed by atoms with Crippen molar-refractivity contribution in [1.29, 1.82) is 0 Å². The van der Waals surface area contributed by atoms with Crippen molar-refractivity contribution in [3.63, 3.8) is 0 Å². The van der Waals surface area contributed by atoms with Crippen LogP contribution in [0.5, 0.6) is 0 Å². The summed E-state index contributed by atoms with van der Waals surface area (Å²) in [5.74, 6) is -3.66. The molecule has 18 heteroatoms. The molecule has 3 atom stereocenters. The van der Waals surface area contributed by atoms with Gasteiger partial charge >= 0.3 is 5.97 Å². The zero-order chi connectivity index (χ0) is 24.6. The number of nitrogens with two attached hydrogens (primary N) is 1. The van der Waals surface area contributed by atoms with Crippen LogP contribution < -0.4 is 11.1 Å². The predicted octanol–water partition coefficient (Wildman–Crippen LogP) is -0.561. The molecule has 2 aliphatic rings. The summed E-state index contributed by atoms with van der Waals surface area (Å²) < 4.78 is 1.14. The van der Waals surface area contributed by atoms with Crippen molar-refractivity contribution in [2.45, 2.75) is 16.4 Å². The number of β-lactam (4-membered cyclic amide) rings is 1. The normalized spacial score (nSPS) is 24.7. The van der Waals surface area contributed by atoms with E-state index in [2.05, 4.69) is 31.1 Å². The number of halogens is 1. The number of carboxylic acids is 1. The molecule has 0 bridgehead atoms. The number of nitrogen functional groups attached to an aromatic ring is 1. The minimum atomic E-state index is -1.30. The molecule has 0 spiro atoms. The van der Waals surface area contributed by atoms with Gasteiger partial charge in [-0.25, -0.2) is 0 Å². The van der Waals surface area contributed by atoms with Gasteiger partial charge in [-0.3, -0.25) is 14.4 Å². The summed E-state index contributed by atoms with van der Waals surface area (Å²) >= 11 is 7.73. The van der Waals surface area contributed by atoms with Gasteiger partial charge in [0.25, 0.3) is 5.91 Å². The summed E-state index contributed by atoms with van der Waals surface area (Å²) in [5.41, 5.74) is 4.35. The topological polar surface area (TPSA) is 218 Å². The Balaban J connectivity index is 1.45. The molecule has 0 saturated carbocycles. The van der Waals surface area contributed by atoms with Gasteiger partial charge in [0.2, 0.25) is 17.3 Å². The molecule has 4 rings (SSSR count). The summed E-state index contributed by atoms with van der Waals surface area (Å²) in [5, 5.41) is 39.3. The SMILES string of the molecule is Nc1cc(SCC2(C(=O)O)CS[C@@H]3C(NC(=O)C(N=O)=C(O)CCl)C(=O)N3C2)nn2nnnc12. The molecular formula is C16H16ClN9O6S2. The first-order chi connectivity index (χ1) is 16.2. The van der Waals surface area contributed by atoms with Gasteiger partial charge in [0.15, 0.2) is 0 Å². The number of nitrogens with zero attached hydrogens (tertiary/aromatic N) is 7. The maximum Gasteiger partial charge on any atom is 0.313 e. The number of hydrogen-bond acceptors (Lipinski definition) is 13. The lowest BCUT2D eigenvalue weighted by atomic mass is 9.89. The van der Waals surface area contributed by atoms with E-state index in [0.29, 0.717) is 5.03 Å². The fourth-order valence-corrected chi connectivity index (χ4v) is 6.31. The number of carboxylic acid groups (broad SMARTS) is 1. The highest BCUT2D eigenvalue weighted by Crippen LogP contribution is 2.44. The van der Waals surface area contributed by atoms with Crippen LogP contribution in [0.4, 0.5) is 5.69 Å². The number of anilines is 1. The van der Waals surface area contributed by atoms with Crippen LogP contribution >= 0.6 is 35.1 Å². The van der Waals surface area contributed by atoms with Crippen molar-refractivity contribution in [2.75, 3.05) is 29.7 Å².